The summed E-state index contributed by atoms with van der Waals surface area (Å²) in [5.41, 5.74) is 13.0. The molecule has 6 rings (SSSR count). The molecule has 0 radical (unpaired) electrons. The van der Waals surface area contributed by atoms with Gasteiger partial charge in [0.25, 0.3) is 0 Å². The molecule has 0 saturated heterocycles. The van der Waals surface area contributed by atoms with E-state index in [1.165, 1.54) is 0 Å². The Kier molecular flexibility index (Phi) is 15.5. The van der Waals surface area contributed by atoms with Gasteiger partial charge in [-0.1, -0.05) is 60.7 Å². The van der Waals surface area contributed by atoms with Gasteiger partial charge in [-0.3, -0.25) is 29.1 Å². The number of nitrogens with one attached hydrogen (secondary N) is 1. The summed E-state index contributed by atoms with van der Waals surface area (Å²) < 4.78 is 18.7. The van der Waals surface area contributed by atoms with Crippen LogP contribution in [0.3, 0.4) is 0 Å². The van der Waals surface area contributed by atoms with Gasteiger partial charge in [0.1, 0.15) is 0 Å². The molecule has 302 valence electrons. The van der Waals surface area contributed by atoms with Crippen molar-refractivity contribution in [1.82, 2.24) is 34.8 Å². The van der Waals surface area contributed by atoms with Gasteiger partial charge < -0.3 is 19.9 Å². The van der Waals surface area contributed by atoms with Crippen LogP contribution in [-0.4, -0.2) is 86.5 Å². The van der Waals surface area contributed by atoms with Gasteiger partial charge in [-0.25, -0.2) is 9.97 Å². The lowest BCUT2D eigenvalue weighted by atomic mass is 9.99. The zero-order chi connectivity index (χ0) is 41.4. The summed E-state index contributed by atoms with van der Waals surface area (Å²) in [7, 11) is 6.77. The topological polar surface area (TPSA) is 178 Å². The van der Waals surface area contributed by atoms with Crippen LogP contribution in [0.1, 0.15) is 29.4 Å². The molecule has 58 heavy (non-hydrogen) atoms. The molecule has 0 spiro atoms. The van der Waals surface area contributed by atoms with E-state index in [-0.39, 0.29) is 36.9 Å². The smallest absolute Gasteiger partial charge is 0.319 e. The van der Waals surface area contributed by atoms with Crippen LogP contribution in [0.2, 0.25) is 0 Å². The highest BCUT2D eigenvalue weighted by Crippen LogP contribution is 2.24. The lowest BCUT2D eigenvalue weighted by Gasteiger charge is -2.17. The van der Waals surface area contributed by atoms with E-state index in [0.29, 0.717) is 31.2 Å². The number of ether oxygens (including phenoxy) is 3. The molecule has 0 aliphatic rings. The number of methoxy groups -OCH3 is 2. The normalized spacial score (nSPS) is 11.8. The van der Waals surface area contributed by atoms with Crippen molar-refractivity contribution in [3.63, 3.8) is 0 Å². The number of aryl methyl sites for hydroxylation is 2. The quantitative estimate of drug-likeness (QED) is 0.117. The predicted molar refractivity (Wildman–Crippen MR) is 220 cm³/mol. The lowest BCUT2D eigenvalue weighted by molar-refractivity contribution is -0.142. The van der Waals surface area contributed by atoms with Crippen molar-refractivity contribution in [2.75, 3.05) is 27.4 Å². The summed E-state index contributed by atoms with van der Waals surface area (Å²) in [6.45, 7) is 2.03. The van der Waals surface area contributed by atoms with Gasteiger partial charge in [0.05, 0.1) is 63.7 Å². The van der Waals surface area contributed by atoms with Crippen molar-refractivity contribution in [3.05, 3.63) is 132 Å². The first kappa shape index (κ1) is 42.6. The summed E-state index contributed by atoms with van der Waals surface area (Å²) in [4.78, 5) is 45.8. The van der Waals surface area contributed by atoms with Gasteiger partial charge in [-0.05, 0) is 55.2 Å². The number of carbonyl (C=O) groups excluding carboxylic acids is 3. The zero-order valence-corrected chi connectivity index (χ0v) is 33.5. The highest BCUT2D eigenvalue weighted by Gasteiger charge is 2.23. The summed E-state index contributed by atoms with van der Waals surface area (Å²) >= 11 is 0. The van der Waals surface area contributed by atoms with Crippen LogP contribution in [0, 0.1) is 0 Å². The average molecular weight is 787 g/mol. The fourth-order valence-electron chi connectivity index (χ4n) is 6.15. The molecule has 14 heteroatoms. The molecular formula is C44H50N8O6. The molecule has 0 aliphatic carbocycles. The van der Waals surface area contributed by atoms with Crippen molar-refractivity contribution in [2.45, 2.75) is 44.7 Å². The van der Waals surface area contributed by atoms with Crippen molar-refractivity contribution < 1.29 is 28.6 Å². The number of rotatable bonds is 18. The van der Waals surface area contributed by atoms with Crippen molar-refractivity contribution in [3.8, 4) is 34.3 Å². The van der Waals surface area contributed by atoms with Crippen molar-refractivity contribution in [2.24, 2.45) is 19.8 Å². The van der Waals surface area contributed by atoms with E-state index in [4.69, 9.17) is 19.9 Å². The third-order valence-electron chi connectivity index (χ3n) is 9.33. The summed E-state index contributed by atoms with van der Waals surface area (Å²) in [5.74, 6) is 0.607. The summed E-state index contributed by atoms with van der Waals surface area (Å²) in [6, 6.07) is 29.6. The Morgan fingerprint density at radius 1 is 0.690 bits per heavy atom. The number of carbonyl (C=O) groups is 3. The van der Waals surface area contributed by atoms with Crippen LogP contribution in [0.25, 0.3) is 22.5 Å². The Labute approximate surface area is 338 Å². The number of esters is 1. The maximum absolute atomic E-state index is 13.2. The van der Waals surface area contributed by atoms with Gasteiger partial charge in [-0.15, -0.1) is 0 Å². The zero-order valence-electron chi connectivity index (χ0n) is 33.5. The third-order valence-corrected chi connectivity index (χ3v) is 9.33. The molecule has 14 nitrogen and oxygen atoms in total. The number of hydrogen-bond acceptors (Lipinski definition) is 12. The van der Waals surface area contributed by atoms with Crippen LogP contribution in [-0.2, 0) is 58.9 Å². The number of nitrogens with two attached hydrogens (primary N) is 1. The second-order valence-electron chi connectivity index (χ2n) is 13.5. The Bertz CT molecular complexity index is 2260. The minimum absolute atomic E-state index is 0.00397. The monoisotopic (exact) mass is 786 g/mol. The van der Waals surface area contributed by atoms with Crippen LogP contribution in [0.15, 0.2) is 109 Å². The van der Waals surface area contributed by atoms with Gasteiger partial charge in [0.2, 0.25) is 11.8 Å². The SMILES string of the molecule is CCOC(=O)CN[C@@H](Cc1ccccc1)C(=O)Cc1cc(-c2ccnc(OC)c2)nn1C.COc1cc(-c2cc(CC(=O)[C@@H](N)Cc3ccccc3)n(C)n2)ccn1. The van der Waals surface area contributed by atoms with Crippen LogP contribution < -0.4 is 20.5 Å². The average Bonchev–Trinajstić information content (AvgIpc) is 3.80. The number of hydrogen-bond donors (Lipinski definition) is 2. The molecule has 6 aromatic rings. The van der Waals surface area contributed by atoms with E-state index in [1.807, 2.05) is 105 Å². The summed E-state index contributed by atoms with van der Waals surface area (Å²) in [5, 5.41) is 12.1. The fourth-order valence-corrected chi connectivity index (χ4v) is 6.15. The molecule has 2 atom stereocenters. The minimum atomic E-state index is -0.531. The van der Waals surface area contributed by atoms with Crippen LogP contribution >= 0.6 is 0 Å². The molecule has 4 heterocycles. The highest BCUT2D eigenvalue weighted by atomic mass is 16.5. The number of pyridine rings is 2. The van der Waals surface area contributed by atoms with E-state index in [0.717, 1.165) is 45.0 Å². The van der Waals surface area contributed by atoms with Crippen molar-refractivity contribution >= 4 is 17.5 Å². The Balaban J connectivity index is 0.000000226. The number of benzene rings is 2. The summed E-state index contributed by atoms with van der Waals surface area (Å²) in [6.07, 6.45) is 4.77. The molecule has 2 aromatic carbocycles. The Hall–Kier alpha value is -6.51. The van der Waals surface area contributed by atoms with E-state index in [1.54, 1.807) is 49.0 Å². The number of Topliss-reactive ketones (excluding diaryl/α,β-unsaturated/α-hetero) is 2. The number of nitrogens with zero attached hydrogens (tertiary/aromatic N) is 6. The molecule has 4 aromatic heterocycles. The molecule has 3 N–H and O–H groups in total. The maximum Gasteiger partial charge on any atom is 0.319 e. The second kappa shape index (κ2) is 21.1. The molecular weight excluding hydrogens is 737 g/mol. The van der Waals surface area contributed by atoms with Crippen LogP contribution in [0.5, 0.6) is 11.8 Å². The Morgan fingerprint density at radius 3 is 1.66 bits per heavy atom. The standard InChI is InChI=1S/C24H28N4O4.C20H22N4O2/c1-4-32-24(30)16-26-21(12-17-8-6-5-7-9-17)22(29)15-19-14-20(27-28(19)2)18-10-11-25-23(13-18)31-3;1-24-16(12-18(23-24)15-8-9-22-20(11-15)26-2)13-19(25)17(21)10-14-6-4-3-5-7-14/h5-11,13-14,21,26H,4,12,15-16H2,1-3H3;3-9,11-12,17H,10,13,21H2,1-2H3/t21-;17-/m00/s1. The molecule has 0 aliphatic heterocycles. The first-order valence-electron chi connectivity index (χ1n) is 18.9. The highest BCUT2D eigenvalue weighted by molar-refractivity contribution is 5.87. The minimum Gasteiger partial charge on any atom is -0.481 e. The van der Waals surface area contributed by atoms with E-state index >= 15 is 0 Å². The van der Waals surface area contributed by atoms with Crippen LogP contribution in [0.4, 0.5) is 0 Å². The first-order chi connectivity index (χ1) is 28.1. The van der Waals surface area contributed by atoms with Gasteiger partial charge >= 0.3 is 5.97 Å². The van der Waals surface area contributed by atoms with Crippen molar-refractivity contribution in [1.29, 1.82) is 0 Å². The fraction of sp³-hybridized carbons (Fsp3) is 0.295. The molecule has 0 fully saturated rings. The molecule has 0 unspecified atom stereocenters. The molecule has 0 saturated carbocycles. The first-order valence-corrected chi connectivity index (χ1v) is 18.9. The van der Waals surface area contributed by atoms with E-state index in [2.05, 4.69) is 25.5 Å². The Morgan fingerprint density at radius 2 is 1.17 bits per heavy atom. The van der Waals surface area contributed by atoms with Gasteiger partial charge in [0.15, 0.2) is 11.6 Å². The second-order valence-corrected chi connectivity index (χ2v) is 13.5. The lowest BCUT2D eigenvalue weighted by Crippen LogP contribution is -2.42. The van der Waals surface area contributed by atoms with Gasteiger partial charge in [0, 0.05) is 61.1 Å². The third kappa shape index (κ3) is 12.2. The maximum atomic E-state index is 13.2. The van der Waals surface area contributed by atoms with Gasteiger partial charge in [-0.2, -0.15) is 10.2 Å². The molecule has 0 amide bonds. The molecule has 0 bridgehead atoms. The predicted octanol–water partition coefficient (Wildman–Crippen LogP) is 4.54. The van der Waals surface area contributed by atoms with E-state index in [9.17, 15) is 14.4 Å². The number of ketones is 2. The van der Waals surface area contributed by atoms with E-state index < -0.39 is 12.1 Å². The largest absolute Gasteiger partial charge is 0.481 e. The number of aromatic nitrogens is 6.